The van der Waals surface area contributed by atoms with Gasteiger partial charge in [-0.05, 0) is 0 Å². The first kappa shape index (κ1) is 15.9. The van der Waals surface area contributed by atoms with E-state index < -0.39 is 0 Å². The monoisotopic (exact) mass is 312 g/mol. The molecule has 2 rings (SSSR count). The number of morpholine rings is 1. The summed E-state index contributed by atoms with van der Waals surface area (Å²) in [5, 5.41) is 8.29. The van der Waals surface area contributed by atoms with Gasteiger partial charge in [0.2, 0.25) is 11.8 Å². The number of hydrogen-bond acceptors (Lipinski definition) is 6. The van der Waals surface area contributed by atoms with Crippen molar-refractivity contribution in [3.63, 3.8) is 0 Å². The van der Waals surface area contributed by atoms with Crippen molar-refractivity contribution < 1.29 is 14.3 Å². The van der Waals surface area contributed by atoms with Crippen molar-refractivity contribution in [2.75, 3.05) is 39.3 Å². The van der Waals surface area contributed by atoms with Gasteiger partial charge in [-0.2, -0.15) is 0 Å². The van der Waals surface area contributed by atoms with Crippen LogP contribution in [0.15, 0.2) is 11.6 Å². The second kappa shape index (κ2) is 8.06. The van der Waals surface area contributed by atoms with E-state index in [4.69, 9.17) is 4.74 Å². The normalized spacial score (nSPS) is 19.2. The number of nitrogens with zero attached hydrogens (tertiary/aromatic N) is 2. The van der Waals surface area contributed by atoms with E-state index >= 15 is 0 Å². The summed E-state index contributed by atoms with van der Waals surface area (Å²) in [6, 6.07) is 0. The zero-order valence-electron chi connectivity index (χ0n) is 12.0. The molecule has 1 fully saturated rings. The summed E-state index contributed by atoms with van der Waals surface area (Å²) in [6.45, 7) is 4.70. The van der Waals surface area contributed by atoms with Gasteiger partial charge in [-0.15, -0.1) is 11.3 Å². The average Bonchev–Trinajstić information content (AvgIpc) is 2.98. The van der Waals surface area contributed by atoms with E-state index in [9.17, 15) is 9.59 Å². The highest BCUT2D eigenvalue weighted by Gasteiger charge is 2.24. The van der Waals surface area contributed by atoms with E-state index in [0.29, 0.717) is 32.8 Å². The van der Waals surface area contributed by atoms with Crippen LogP contribution in [0.4, 0.5) is 0 Å². The molecule has 0 aliphatic carbocycles. The van der Waals surface area contributed by atoms with Crippen molar-refractivity contribution in [3.8, 4) is 0 Å². The van der Waals surface area contributed by atoms with Crippen LogP contribution in [0.2, 0.25) is 0 Å². The molecule has 21 heavy (non-hydrogen) atoms. The van der Waals surface area contributed by atoms with Crippen molar-refractivity contribution in [1.29, 1.82) is 0 Å². The summed E-state index contributed by atoms with van der Waals surface area (Å²) in [5.41, 5.74) is 0. The molecule has 1 aromatic rings. The van der Waals surface area contributed by atoms with Crippen LogP contribution in [0.3, 0.4) is 0 Å². The number of amides is 2. The Balaban J connectivity index is 1.69. The number of carbonyl (C=O) groups is 2. The van der Waals surface area contributed by atoms with Gasteiger partial charge in [-0.25, -0.2) is 4.98 Å². The van der Waals surface area contributed by atoms with Gasteiger partial charge in [0.15, 0.2) is 0 Å². The SMILES string of the molecule is CC(=O)NCCNC(=O)CN1CCO[C@@H](c2nccs2)C1. The lowest BCUT2D eigenvalue weighted by atomic mass is 10.3. The molecule has 116 valence electrons. The van der Waals surface area contributed by atoms with E-state index in [1.807, 2.05) is 5.38 Å². The van der Waals surface area contributed by atoms with E-state index in [0.717, 1.165) is 11.6 Å². The molecule has 1 aromatic heterocycles. The molecule has 1 aliphatic heterocycles. The number of hydrogen-bond donors (Lipinski definition) is 2. The Morgan fingerprint density at radius 3 is 3.00 bits per heavy atom. The molecule has 1 aliphatic rings. The number of rotatable bonds is 6. The third-order valence-corrected chi connectivity index (χ3v) is 3.93. The molecule has 2 N–H and O–H groups in total. The molecule has 1 saturated heterocycles. The Kier molecular flexibility index (Phi) is 6.09. The molecule has 0 aromatic carbocycles. The van der Waals surface area contributed by atoms with Crippen LogP contribution in [-0.2, 0) is 14.3 Å². The number of ether oxygens (including phenoxy) is 1. The minimum atomic E-state index is -0.0938. The lowest BCUT2D eigenvalue weighted by Gasteiger charge is -2.31. The molecular weight excluding hydrogens is 292 g/mol. The Labute approximate surface area is 127 Å². The first-order chi connectivity index (χ1) is 10.1. The molecule has 0 bridgehead atoms. The molecule has 0 unspecified atom stereocenters. The zero-order valence-corrected chi connectivity index (χ0v) is 12.8. The highest BCUT2D eigenvalue weighted by Crippen LogP contribution is 2.23. The smallest absolute Gasteiger partial charge is 0.234 e. The van der Waals surface area contributed by atoms with Gasteiger partial charge in [-0.1, -0.05) is 0 Å². The maximum absolute atomic E-state index is 11.8. The fourth-order valence-electron chi connectivity index (χ4n) is 2.09. The van der Waals surface area contributed by atoms with Crippen LogP contribution >= 0.6 is 11.3 Å². The van der Waals surface area contributed by atoms with Gasteiger partial charge in [-0.3, -0.25) is 14.5 Å². The minimum Gasteiger partial charge on any atom is -0.368 e. The second-order valence-corrected chi connectivity index (χ2v) is 5.72. The quantitative estimate of drug-likeness (QED) is 0.709. The molecule has 2 amide bonds. The van der Waals surface area contributed by atoms with Gasteiger partial charge in [0.25, 0.3) is 0 Å². The summed E-state index contributed by atoms with van der Waals surface area (Å²) >= 11 is 1.57. The maximum atomic E-state index is 11.8. The van der Waals surface area contributed by atoms with Gasteiger partial charge in [0.1, 0.15) is 11.1 Å². The fourth-order valence-corrected chi connectivity index (χ4v) is 2.77. The van der Waals surface area contributed by atoms with Gasteiger partial charge in [0, 0.05) is 44.7 Å². The standard InChI is InChI=1S/C13H20N4O3S/c1-10(18)14-2-3-15-12(19)9-17-5-6-20-11(8-17)13-16-4-7-21-13/h4,7,11H,2-3,5-6,8-9H2,1H3,(H,14,18)(H,15,19)/t11-/m1/s1. The van der Waals surface area contributed by atoms with Crippen LogP contribution in [0.1, 0.15) is 18.0 Å². The number of thiazole rings is 1. The van der Waals surface area contributed by atoms with Crippen LogP contribution in [0, 0.1) is 0 Å². The van der Waals surface area contributed by atoms with Crippen molar-refractivity contribution in [2.24, 2.45) is 0 Å². The van der Waals surface area contributed by atoms with E-state index in [1.165, 1.54) is 6.92 Å². The molecule has 1 atom stereocenters. The topological polar surface area (TPSA) is 83.6 Å². The number of nitrogens with one attached hydrogen (secondary N) is 2. The summed E-state index contributed by atoms with van der Waals surface area (Å²) < 4.78 is 5.69. The second-order valence-electron chi connectivity index (χ2n) is 4.80. The number of carbonyl (C=O) groups excluding carboxylic acids is 2. The Hall–Kier alpha value is -1.51. The van der Waals surface area contributed by atoms with E-state index in [-0.39, 0.29) is 17.9 Å². The van der Waals surface area contributed by atoms with E-state index in [2.05, 4.69) is 20.5 Å². The largest absolute Gasteiger partial charge is 0.368 e. The molecule has 2 heterocycles. The van der Waals surface area contributed by atoms with Crippen molar-refractivity contribution in [3.05, 3.63) is 16.6 Å². The summed E-state index contributed by atoms with van der Waals surface area (Å²) in [7, 11) is 0. The Bertz CT molecular complexity index is 466. The maximum Gasteiger partial charge on any atom is 0.234 e. The fraction of sp³-hybridized carbons (Fsp3) is 0.615. The summed E-state index contributed by atoms with van der Waals surface area (Å²) in [5.74, 6) is -0.135. The first-order valence-electron chi connectivity index (χ1n) is 6.89. The van der Waals surface area contributed by atoms with Crippen LogP contribution in [0.5, 0.6) is 0 Å². The van der Waals surface area contributed by atoms with E-state index in [1.54, 1.807) is 17.5 Å². The van der Waals surface area contributed by atoms with Crippen LogP contribution < -0.4 is 10.6 Å². The van der Waals surface area contributed by atoms with Crippen LogP contribution in [-0.4, -0.2) is 61.0 Å². The molecule has 0 radical (unpaired) electrons. The minimum absolute atomic E-state index is 0.0415. The molecule has 7 nitrogen and oxygen atoms in total. The highest BCUT2D eigenvalue weighted by molar-refractivity contribution is 7.09. The molecule has 0 spiro atoms. The lowest BCUT2D eigenvalue weighted by Crippen LogP contribution is -2.45. The van der Waals surface area contributed by atoms with Gasteiger partial charge < -0.3 is 15.4 Å². The van der Waals surface area contributed by atoms with Gasteiger partial charge >= 0.3 is 0 Å². The summed E-state index contributed by atoms with van der Waals surface area (Å²) in [6.07, 6.45) is 1.71. The molecule has 0 saturated carbocycles. The number of aromatic nitrogens is 1. The first-order valence-corrected chi connectivity index (χ1v) is 7.77. The van der Waals surface area contributed by atoms with Crippen molar-refractivity contribution in [1.82, 2.24) is 20.5 Å². The highest BCUT2D eigenvalue weighted by atomic mass is 32.1. The Morgan fingerprint density at radius 1 is 1.48 bits per heavy atom. The Morgan fingerprint density at radius 2 is 2.29 bits per heavy atom. The predicted octanol–water partition coefficient (Wildman–Crippen LogP) is -0.231. The molecular formula is C13H20N4O3S. The summed E-state index contributed by atoms with van der Waals surface area (Å²) in [4.78, 5) is 28.8. The van der Waals surface area contributed by atoms with Crippen LogP contribution in [0.25, 0.3) is 0 Å². The lowest BCUT2D eigenvalue weighted by molar-refractivity contribution is -0.124. The molecule has 8 heteroatoms. The third kappa shape index (κ3) is 5.41. The predicted molar refractivity (Wildman–Crippen MR) is 78.9 cm³/mol. The third-order valence-electron chi connectivity index (χ3n) is 3.07. The van der Waals surface area contributed by atoms with Crippen molar-refractivity contribution in [2.45, 2.75) is 13.0 Å². The average molecular weight is 312 g/mol. The van der Waals surface area contributed by atoms with Gasteiger partial charge in [0.05, 0.1) is 13.2 Å². The zero-order chi connectivity index (χ0) is 15.1. The van der Waals surface area contributed by atoms with Crippen molar-refractivity contribution >= 4 is 23.2 Å².